The van der Waals surface area contributed by atoms with Gasteiger partial charge in [0.15, 0.2) is 0 Å². The van der Waals surface area contributed by atoms with Gasteiger partial charge in [-0.25, -0.2) is 0 Å². The number of piperidine rings is 1. The van der Waals surface area contributed by atoms with Crippen molar-refractivity contribution in [2.45, 2.75) is 50.7 Å². The van der Waals surface area contributed by atoms with Gasteiger partial charge in [-0.15, -0.1) is 0 Å². The molecule has 1 aliphatic heterocycles. The number of carboxylic acid groups (broad SMARTS) is 3. The Hall–Kier alpha value is -2.34. The summed E-state index contributed by atoms with van der Waals surface area (Å²) >= 11 is 0. The minimum absolute atomic E-state index is 0. The van der Waals surface area contributed by atoms with Crippen molar-refractivity contribution in [3.8, 4) is 5.75 Å². The van der Waals surface area contributed by atoms with Crippen molar-refractivity contribution in [2.75, 3.05) is 32.8 Å². The van der Waals surface area contributed by atoms with Gasteiger partial charge in [-0.2, -0.15) is 0 Å². The van der Waals surface area contributed by atoms with E-state index in [0.717, 1.165) is 18.7 Å². The predicted octanol–water partition coefficient (Wildman–Crippen LogP) is -4.08. The number of carbonyl (C=O) groups excluding carboxylic acids is 4. The molecule has 0 atom stereocenters. The van der Waals surface area contributed by atoms with Crippen LogP contribution in [0.5, 0.6) is 5.75 Å². The Labute approximate surface area is 228 Å². The summed E-state index contributed by atoms with van der Waals surface area (Å²) in [4.78, 5) is 43.4. The molecule has 1 aromatic rings. The van der Waals surface area contributed by atoms with Crippen LogP contribution >= 0.6 is 0 Å². The van der Waals surface area contributed by atoms with Crippen molar-refractivity contribution in [2.24, 2.45) is 0 Å². The van der Waals surface area contributed by atoms with Crippen LogP contribution in [-0.2, 0) is 25.7 Å². The van der Waals surface area contributed by atoms with E-state index >= 15 is 0 Å². The maximum atomic E-state index is 10.9. The van der Waals surface area contributed by atoms with Crippen LogP contribution in [0.2, 0.25) is 0 Å². The molecule has 1 aliphatic rings. The fourth-order valence-electron chi connectivity index (χ4n) is 3.34. The summed E-state index contributed by atoms with van der Waals surface area (Å²) in [6.07, 6.45) is 1.96. The number of nitrogens with zero attached hydrogens (tertiary/aromatic N) is 1. The first-order chi connectivity index (χ1) is 16.6. The third-order valence-electron chi connectivity index (χ3n) is 5.06. The molecular formula is C23H31BiN2O10. The number of likely N-dealkylation sites (tertiary alicyclic amines) is 1. The van der Waals surface area contributed by atoms with Crippen molar-refractivity contribution in [3.05, 3.63) is 29.8 Å². The van der Waals surface area contributed by atoms with Gasteiger partial charge in [-0.1, -0.05) is 18.6 Å². The molecule has 1 heterocycles. The fourth-order valence-corrected chi connectivity index (χ4v) is 3.34. The molecule has 0 unspecified atom stereocenters. The number of amides is 1. The average Bonchev–Trinajstić information content (AvgIpc) is 2.79. The van der Waals surface area contributed by atoms with Crippen molar-refractivity contribution in [1.29, 1.82) is 0 Å². The molecule has 13 heteroatoms. The molecule has 0 aliphatic carbocycles. The number of benzene rings is 1. The van der Waals surface area contributed by atoms with E-state index in [4.69, 9.17) is 14.9 Å². The minimum Gasteiger partial charge on any atom is -0.550 e. The number of aliphatic hydroxyl groups excluding tert-OH is 1. The molecule has 0 bridgehead atoms. The fraction of sp³-hybridized carbons (Fsp3) is 0.565. The van der Waals surface area contributed by atoms with Crippen molar-refractivity contribution in [1.82, 2.24) is 10.2 Å². The quantitative estimate of drug-likeness (QED) is 0.133. The number of aliphatic hydroxyl groups is 2. The minimum atomic E-state index is -2.97. The Kier molecular flexibility index (Phi) is 16.8. The molecule has 12 nitrogen and oxygen atoms in total. The summed E-state index contributed by atoms with van der Waals surface area (Å²) in [6, 6.07) is 8.23. The molecule has 0 spiro atoms. The normalized spacial score (nSPS) is 13.4. The van der Waals surface area contributed by atoms with Crippen LogP contribution < -0.4 is 25.4 Å². The summed E-state index contributed by atoms with van der Waals surface area (Å²) in [7, 11) is 0. The van der Waals surface area contributed by atoms with Crippen LogP contribution in [-0.4, -0.2) is 104 Å². The average molecular weight is 704 g/mol. The van der Waals surface area contributed by atoms with Gasteiger partial charge >= 0.3 is 26.2 Å². The van der Waals surface area contributed by atoms with Gasteiger partial charge in [-0.05, 0) is 50.0 Å². The van der Waals surface area contributed by atoms with E-state index < -0.39 is 43.0 Å². The van der Waals surface area contributed by atoms with E-state index in [1.807, 2.05) is 12.1 Å². The number of carboxylic acids is 3. The molecular weight excluding hydrogens is 673 g/mol. The van der Waals surface area contributed by atoms with E-state index in [-0.39, 0.29) is 32.1 Å². The molecule has 2 rings (SSSR count). The monoisotopic (exact) mass is 704 g/mol. The summed E-state index contributed by atoms with van der Waals surface area (Å²) < 4.78 is 5.72. The number of aliphatic carboxylic acids is 3. The number of hydrogen-bond donors (Lipinski definition) is 3. The van der Waals surface area contributed by atoms with E-state index in [1.54, 1.807) is 0 Å². The van der Waals surface area contributed by atoms with Gasteiger partial charge in [0.2, 0.25) is 5.91 Å². The van der Waals surface area contributed by atoms with Gasteiger partial charge < -0.3 is 50.0 Å². The van der Waals surface area contributed by atoms with Gasteiger partial charge in [0.25, 0.3) is 0 Å². The molecule has 1 saturated heterocycles. The maximum Gasteiger partial charge on any atom is 3.00 e. The van der Waals surface area contributed by atoms with Gasteiger partial charge in [-0.3, -0.25) is 9.69 Å². The number of rotatable bonds is 13. The summed E-state index contributed by atoms with van der Waals surface area (Å²) in [5, 5.41) is 50.1. The Bertz CT molecular complexity index is 830. The molecule has 1 aromatic carbocycles. The number of hydrogen-bond acceptors (Lipinski definition) is 11. The summed E-state index contributed by atoms with van der Waals surface area (Å²) in [5.74, 6) is -5.45. The maximum absolute atomic E-state index is 10.9. The number of ether oxygens (including phenoxy) is 1. The van der Waals surface area contributed by atoms with Gasteiger partial charge in [0, 0.05) is 37.9 Å². The van der Waals surface area contributed by atoms with Crippen LogP contribution in [0, 0.1) is 0 Å². The summed E-state index contributed by atoms with van der Waals surface area (Å²) in [5.41, 5.74) is -1.69. The second-order valence-corrected chi connectivity index (χ2v) is 8.11. The molecule has 0 aromatic heterocycles. The third kappa shape index (κ3) is 14.3. The zero-order valence-corrected chi connectivity index (χ0v) is 23.3. The van der Waals surface area contributed by atoms with E-state index in [9.17, 15) is 34.5 Å². The Morgan fingerprint density at radius 3 is 2.17 bits per heavy atom. The van der Waals surface area contributed by atoms with Crippen molar-refractivity contribution >= 4 is 50.0 Å². The largest absolute Gasteiger partial charge is 3.00 e. The zero-order valence-electron chi connectivity index (χ0n) is 19.8. The molecule has 1 fully saturated rings. The van der Waals surface area contributed by atoms with Crippen LogP contribution in [0.15, 0.2) is 24.3 Å². The first-order valence-electron chi connectivity index (χ1n) is 11.2. The van der Waals surface area contributed by atoms with Crippen LogP contribution in [0.4, 0.5) is 0 Å². The Morgan fingerprint density at radius 1 is 1.03 bits per heavy atom. The van der Waals surface area contributed by atoms with E-state index in [0.29, 0.717) is 13.2 Å². The van der Waals surface area contributed by atoms with E-state index in [1.165, 1.54) is 37.9 Å². The van der Waals surface area contributed by atoms with Crippen molar-refractivity contribution in [3.63, 3.8) is 0 Å². The molecule has 36 heavy (non-hydrogen) atoms. The molecule has 2 radical (unpaired) electrons. The number of carbonyl (C=O) groups is 4. The molecule has 0 saturated carbocycles. The SMILES string of the molecule is O=C(CO)NCCCOc1cccc(CN2CCCCC2)c1.O=C([O-])CC(O)(CC(=O)[O-])C(=O)[O-].[Bi+3]. The van der Waals surface area contributed by atoms with E-state index in [2.05, 4.69) is 22.3 Å². The number of nitrogens with one attached hydrogen (secondary N) is 1. The van der Waals surface area contributed by atoms with Crippen LogP contribution in [0.1, 0.15) is 44.1 Å². The topological polar surface area (TPSA) is 202 Å². The molecule has 198 valence electrons. The zero-order chi connectivity index (χ0) is 26.3. The Balaban J connectivity index is 0.000000758. The molecule has 3 N–H and O–H groups in total. The summed E-state index contributed by atoms with van der Waals surface area (Å²) in [6.45, 7) is 3.99. The predicted molar refractivity (Wildman–Crippen MR) is 121 cm³/mol. The Morgan fingerprint density at radius 2 is 1.64 bits per heavy atom. The van der Waals surface area contributed by atoms with Crippen LogP contribution in [0.3, 0.4) is 0 Å². The second kappa shape index (κ2) is 18.0. The standard InChI is InChI=1S/C17H26N2O3.C6H8O7.Bi/c20-14-17(21)18-8-5-11-22-16-7-4-6-15(12-16)13-19-9-2-1-3-10-19;7-3(8)1-6(13,5(11)12)2-4(9)10;/h4,6-7,12,20H,1-3,5,8-11,13-14H2,(H,18,21);13H,1-2H2,(H,7,8)(H,9,10)(H,11,12);/q;;+3/p-3. The second-order valence-electron chi connectivity index (χ2n) is 8.11. The smallest absolute Gasteiger partial charge is 0.550 e. The van der Waals surface area contributed by atoms with Gasteiger partial charge in [0.1, 0.15) is 18.0 Å². The first-order valence-corrected chi connectivity index (χ1v) is 11.2. The first kappa shape index (κ1) is 33.7. The van der Waals surface area contributed by atoms with Crippen molar-refractivity contribution < 1.29 is 49.4 Å². The molecule has 1 amide bonds. The van der Waals surface area contributed by atoms with Gasteiger partial charge in [0.05, 0.1) is 12.6 Å². The van der Waals surface area contributed by atoms with Crippen LogP contribution in [0.25, 0.3) is 0 Å². The third-order valence-corrected chi connectivity index (χ3v) is 5.06.